The van der Waals surface area contributed by atoms with E-state index in [1.807, 2.05) is 30.3 Å². The van der Waals surface area contributed by atoms with E-state index < -0.39 is 11.9 Å². The van der Waals surface area contributed by atoms with E-state index in [-0.39, 0.29) is 12.0 Å². The lowest BCUT2D eigenvalue weighted by Gasteiger charge is -2.27. The second-order valence-electron chi connectivity index (χ2n) is 6.38. The van der Waals surface area contributed by atoms with Crippen LogP contribution in [0.1, 0.15) is 17.9 Å². The van der Waals surface area contributed by atoms with Gasteiger partial charge in [0.05, 0.1) is 5.92 Å². The summed E-state index contributed by atoms with van der Waals surface area (Å²) in [6, 6.07) is 18.3. The van der Waals surface area contributed by atoms with E-state index in [0.29, 0.717) is 6.54 Å². The Morgan fingerprint density at radius 3 is 2.61 bits per heavy atom. The number of aliphatic carboxylic acids is 1. The molecule has 1 fully saturated rings. The molecule has 0 spiro atoms. The molecule has 3 unspecified atom stereocenters. The number of benzene rings is 2. The van der Waals surface area contributed by atoms with E-state index in [9.17, 15) is 9.90 Å². The maximum atomic E-state index is 11.9. The molecule has 0 amide bonds. The number of nitrogens with one attached hydrogen (secondary N) is 1. The number of hydrogen-bond donors (Lipinski definition) is 2. The van der Waals surface area contributed by atoms with Crippen molar-refractivity contribution >= 4 is 17.3 Å². The van der Waals surface area contributed by atoms with Crippen LogP contribution in [0.5, 0.6) is 0 Å². The fourth-order valence-corrected chi connectivity index (χ4v) is 3.98. The third-order valence-electron chi connectivity index (χ3n) is 5.12. The van der Waals surface area contributed by atoms with Crippen LogP contribution < -0.4 is 10.2 Å². The first-order valence-corrected chi connectivity index (χ1v) is 8.12. The van der Waals surface area contributed by atoms with Gasteiger partial charge in [-0.1, -0.05) is 36.4 Å². The molecule has 4 heteroatoms. The molecule has 2 aromatic carbocycles. The van der Waals surface area contributed by atoms with Gasteiger partial charge >= 0.3 is 5.97 Å². The zero-order chi connectivity index (χ0) is 15.8. The van der Waals surface area contributed by atoms with E-state index in [4.69, 9.17) is 0 Å². The van der Waals surface area contributed by atoms with Crippen molar-refractivity contribution in [1.29, 1.82) is 0 Å². The van der Waals surface area contributed by atoms with E-state index >= 15 is 0 Å². The van der Waals surface area contributed by atoms with E-state index in [2.05, 4.69) is 34.5 Å². The molecule has 0 bridgehead atoms. The fraction of sp³-hybridized carbons (Fsp3) is 0.316. The Bertz CT molecular complexity index is 716. The van der Waals surface area contributed by atoms with Crippen molar-refractivity contribution in [1.82, 2.24) is 0 Å². The lowest BCUT2D eigenvalue weighted by atomic mass is 9.86. The summed E-state index contributed by atoms with van der Waals surface area (Å²) < 4.78 is 0. The molecule has 0 radical (unpaired) electrons. The van der Waals surface area contributed by atoms with Crippen molar-refractivity contribution in [2.24, 2.45) is 5.92 Å². The SMILES string of the molecule is O=C(O)C1CN(c2ccccc2)CCC2c3ccccc3NC12. The summed E-state index contributed by atoms with van der Waals surface area (Å²) in [5, 5.41) is 13.3. The molecule has 2 N–H and O–H groups in total. The van der Waals surface area contributed by atoms with Gasteiger partial charge in [-0.05, 0) is 30.2 Å². The Balaban J connectivity index is 1.68. The molecule has 0 aliphatic carbocycles. The van der Waals surface area contributed by atoms with Crippen LogP contribution in [0.4, 0.5) is 11.4 Å². The molecule has 2 aromatic rings. The monoisotopic (exact) mass is 308 g/mol. The van der Waals surface area contributed by atoms with E-state index in [1.165, 1.54) is 5.56 Å². The molecular formula is C19H20N2O2. The van der Waals surface area contributed by atoms with Crippen molar-refractivity contribution in [2.75, 3.05) is 23.3 Å². The predicted molar refractivity (Wildman–Crippen MR) is 91.0 cm³/mol. The second kappa shape index (κ2) is 5.61. The van der Waals surface area contributed by atoms with Gasteiger partial charge in [0.25, 0.3) is 0 Å². The summed E-state index contributed by atoms with van der Waals surface area (Å²) in [5.74, 6) is -0.876. The second-order valence-corrected chi connectivity index (χ2v) is 6.38. The minimum atomic E-state index is -0.719. The molecule has 2 aliphatic heterocycles. The lowest BCUT2D eigenvalue weighted by molar-refractivity contribution is -0.141. The summed E-state index contributed by atoms with van der Waals surface area (Å²) in [4.78, 5) is 14.1. The number of rotatable bonds is 2. The van der Waals surface area contributed by atoms with Gasteiger partial charge in [0.2, 0.25) is 0 Å². The number of para-hydroxylation sites is 2. The van der Waals surface area contributed by atoms with Gasteiger partial charge < -0.3 is 15.3 Å². The number of hydrogen-bond acceptors (Lipinski definition) is 3. The molecule has 2 heterocycles. The zero-order valence-electron chi connectivity index (χ0n) is 12.9. The smallest absolute Gasteiger partial charge is 0.310 e. The third kappa shape index (κ3) is 2.44. The Kier molecular flexibility index (Phi) is 3.45. The van der Waals surface area contributed by atoms with Gasteiger partial charge in [-0.3, -0.25) is 4.79 Å². The van der Waals surface area contributed by atoms with Crippen LogP contribution in [0, 0.1) is 5.92 Å². The van der Waals surface area contributed by atoms with Crippen LogP contribution in [0.25, 0.3) is 0 Å². The molecular weight excluding hydrogens is 288 g/mol. The first-order valence-electron chi connectivity index (χ1n) is 8.12. The Morgan fingerprint density at radius 2 is 1.83 bits per heavy atom. The van der Waals surface area contributed by atoms with Gasteiger partial charge in [0.15, 0.2) is 0 Å². The topological polar surface area (TPSA) is 52.6 Å². The van der Waals surface area contributed by atoms with Gasteiger partial charge in [-0.2, -0.15) is 0 Å². The van der Waals surface area contributed by atoms with Crippen LogP contribution in [0.15, 0.2) is 54.6 Å². The van der Waals surface area contributed by atoms with Crippen LogP contribution in [-0.2, 0) is 4.79 Å². The summed E-state index contributed by atoms with van der Waals surface area (Å²) in [6.07, 6.45) is 0.966. The van der Waals surface area contributed by atoms with Crippen molar-refractivity contribution < 1.29 is 9.90 Å². The van der Waals surface area contributed by atoms with Gasteiger partial charge in [0.1, 0.15) is 0 Å². The summed E-state index contributed by atoms with van der Waals surface area (Å²) in [7, 11) is 0. The highest BCUT2D eigenvalue weighted by molar-refractivity contribution is 5.75. The van der Waals surface area contributed by atoms with Crippen LogP contribution in [-0.4, -0.2) is 30.2 Å². The van der Waals surface area contributed by atoms with Crippen molar-refractivity contribution in [3.8, 4) is 0 Å². The Morgan fingerprint density at radius 1 is 1.09 bits per heavy atom. The largest absolute Gasteiger partial charge is 0.481 e. The minimum absolute atomic E-state index is 0.0291. The third-order valence-corrected chi connectivity index (χ3v) is 5.12. The first-order chi connectivity index (χ1) is 11.2. The average molecular weight is 308 g/mol. The highest BCUT2D eigenvalue weighted by atomic mass is 16.4. The Hall–Kier alpha value is -2.49. The quantitative estimate of drug-likeness (QED) is 0.895. The maximum Gasteiger partial charge on any atom is 0.310 e. The van der Waals surface area contributed by atoms with E-state index in [0.717, 1.165) is 24.3 Å². The fourth-order valence-electron chi connectivity index (χ4n) is 3.98. The standard InChI is InChI=1S/C19H20N2O2/c22-19(23)16-12-21(13-6-2-1-3-7-13)11-10-15-14-8-4-5-9-17(14)20-18(15)16/h1-9,15-16,18,20H,10-12H2,(H,22,23). The maximum absolute atomic E-state index is 11.9. The normalized spacial score (nSPS) is 25.9. The molecule has 4 nitrogen and oxygen atoms in total. The van der Waals surface area contributed by atoms with Crippen LogP contribution >= 0.6 is 0 Å². The van der Waals surface area contributed by atoms with Gasteiger partial charge in [-0.25, -0.2) is 0 Å². The Labute approximate surface area is 135 Å². The number of nitrogens with zero attached hydrogens (tertiary/aromatic N) is 1. The summed E-state index contributed by atoms with van der Waals surface area (Å²) in [6.45, 7) is 1.42. The lowest BCUT2D eigenvalue weighted by Crippen LogP contribution is -2.40. The number of fused-ring (bicyclic) bond motifs is 3. The predicted octanol–water partition coefficient (Wildman–Crippen LogP) is 3.18. The first kappa shape index (κ1) is 14.1. The summed E-state index contributed by atoms with van der Waals surface area (Å²) >= 11 is 0. The van der Waals surface area contributed by atoms with Crippen molar-refractivity contribution in [3.63, 3.8) is 0 Å². The molecule has 23 heavy (non-hydrogen) atoms. The van der Waals surface area contributed by atoms with Gasteiger partial charge in [0, 0.05) is 36.4 Å². The van der Waals surface area contributed by atoms with Crippen LogP contribution in [0.2, 0.25) is 0 Å². The number of carboxylic acids is 1. The number of carboxylic acid groups (broad SMARTS) is 1. The number of anilines is 2. The molecule has 0 aromatic heterocycles. The molecule has 118 valence electrons. The highest BCUT2D eigenvalue weighted by Gasteiger charge is 2.43. The van der Waals surface area contributed by atoms with Crippen molar-refractivity contribution in [2.45, 2.75) is 18.4 Å². The minimum Gasteiger partial charge on any atom is -0.481 e. The molecule has 2 aliphatic rings. The molecule has 3 atom stereocenters. The average Bonchev–Trinajstić information content (AvgIpc) is 2.83. The van der Waals surface area contributed by atoms with Crippen LogP contribution in [0.3, 0.4) is 0 Å². The molecule has 0 saturated carbocycles. The number of carbonyl (C=O) groups is 1. The van der Waals surface area contributed by atoms with Gasteiger partial charge in [-0.15, -0.1) is 0 Å². The highest BCUT2D eigenvalue weighted by Crippen LogP contribution is 2.43. The summed E-state index contributed by atoms with van der Waals surface area (Å²) in [5.41, 5.74) is 3.47. The molecule has 4 rings (SSSR count). The zero-order valence-corrected chi connectivity index (χ0v) is 12.9. The van der Waals surface area contributed by atoms with E-state index in [1.54, 1.807) is 0 Å². The molecule has 1 saturated heterocycles. The van der Waals surface area contributed by atoms with Crippen molar-refractivity contribution in [3.05, 3.63) is 60.2 Å².